The van der Waals surface area contributed by atoms with Crippen molar-refractivity contribution >= 4 is 28.3 Å². The van der Waals surface area contributed by atoms with Crippen molar-refractivity contribution < 1.29 is 9.15 Å². The van der Waals surface area contributed by atoms with Crippen LogP contribution in [-0.2, 0) is 0 Å². The van der Waals surface area contributed by atoms with Gasteiger partial charge in [-0.05, 0) is 18.2 Å². The standard InChI is InChI=1S/C17H11ClO3/c1-11(12-5-3-2-4-6-12)20-17-10-15(19)14-9-13(18)7-8-16(14)21-17/h2-10H,1H2. The van der Waals surface area contributed by atoms with Gasteiger partial charge in [0.1, 0.15) is 11.3 Å². The van der Waals surface area contributed by atoms with Gasteiger partial charge >= 0.3 is 0 Å². The van der Waals surface area contributed by atoms with E-state index in [2.05, 4.69) is 6.58 Å². The van der Waals surface area contributed by atoms with Crippen LogP contribution in [0.2, 0.25) is 5.02 Å². The SMILES string of the molecule is C=C(Oc1cc(=O)c2cc(Cl)ccc2o1)c1ccccc1. The third kappa shape index (κ3) is 2.83. The molecule has 0 bridgehead atoms. The van der Waals surface area contributed by atoms with Crippen molar-refractivity contribution in [1.29, 1.82) is 0 Å². The second-order valence-electron chi connectivity index (χ2n) is 4.46. The molecule has 0 unspecified atom stereocenters. The Balaban J connectivity index is 1.97. The first-order chi connectivity index (χ1) is 10.1. The first-order valence-electron chi connectivity index (χ1n) is 6.29. The molecule has 0 aliphatic carbocycles. The van der Waals surface area contributed by atoms with Crippen LogP contribution in [0.25, 0.3) is 16.7 Å². The number of ether oxygens (including phenoxy) is 1. The molecule has 3 aromatic rings. The van der Waals surface area contributed by atoms with Gasteiger partial charge in [-0.1, -0.05) is 48.5 Å². The Kier molecular flexibility index (Phi) is 3.50. The molecule has 3 rings (SSSR count). The average Bonchev–Trinajstić information content (AvgIpc) is 2.49. The molecule has 104 valence electrons. The fraction of sp³-hybridized carbons (Fsp3) is 0. The molecule has 0 fully saturated rings. The van der Waals surface area contributed by atoms with Crippen molar-refractivity contribution in [3.63, 3.8) is 0 Å². The fourth-order valence-electron chi connectivity index (χ4n) is 1.96. The highest BCUT2D eigenvalue weighted by Crippen LogP contribution is 2.23. The Morgan fingerprint density at radius 3 is 2.62 bits per heavy atom. The van der Waals surface area contributed by atoms with E-state index >= 15 is 0 Å². The van der Waals surface area contributed by atoms with Crippen LogP contribution in [0, 0.1) is 0 Å². The van der Waals surface area contributed by atoms with Crippen LogP contribution >= 0.6 is 11.6 Å². The van der Waals surface area contributed by atoms with Crippen LogP contribution < -0.4 is 10.2 Å². The Morgan fingerprint density at radius 2 is 1.86 bits per heavy atom. The summed E-state index contributed by atoms with van der Waals surface area (Å²) in [4.78, 5) is 12.0. The van der Waals surface area contributed by atoms with Crippen LogP contribution in [0.5, 0.6) is 5.95 Å². The molecule has 1 heterocycles. The number of rotatable bonds is 3. The molecule has 0 saturated heterocycles. The second kappa shape index (κ2) is 5.46. The Bertz CT molecular complexity index is 866. The maximum atomic E-state index is 12.0. The molecule has 0 amide bonds. The van der Waals surface area contributed by atoms with Crippen molar-refractivity contribution in [2.75, 3.05) is 0 Å². The summed E-state index contributed by atoms with van der Waals surface area (Å²) in [5, 5.41) is 0.900. The Hall–Kier alpha value is -2.52. The van der Waals surface area contributed by atoms with Gasteiger partial charge in [0.25, 0.3) is 5.95 Å². The molecular formula is C17H11ClO3. The quantitative estimate of drug-likeness (QED) is 0.669. The van der Waals surface area contributed by atoms with Gasteiger partial charge < -0.3 is 9.15 Å². The minimum absolute atomic E-state index is 0.101. The van der Waals surface area contributed by atoms with Crippen LogP contribution in [0.4, 0.5) is 0 Å². The number of benzene rings is 2. The highest BCUT2D eigenvalue weighted by atomic mass is 35.5. The molecule has 3 nitrogen and oxygen atoms in total. The molecule has 4 heteroatoms. The molecule has 0 atom stereocenters. The molecule has 2 aromatic carbocycles. The first-order valence-corrected chi connectivity index (χ1v) is 6.67. The topological polar surface area (TPSA) is 39.4 Å². The highest BCUT2D eigenvalue weighted by Gasteiger charge is 2.08. The van der Waals surface area contributed by atoms with Crippen molar-refractivity contribution in [3.8, 4) is 5.95 Å². The highest BCUT2D eigenvalue weighted by molar-refractivity contribution is 6.31. The van der Waals surface area contributed by atoms with E-state index in [0.717, 1.165) is 5.56 Å². The smallest absolute Gasteiger partial charge is 0.294 e. The van der Waals surface area contributed by atoms with E-state index in [1.165, 1.54) is 6.07 Å². The normalized spacial score (nSPS) is 10.5. The molecular weight excluding hydrogens is 288 g/mol. The molecule has 0 saturated carbocycles. The summed E-state index contributed by atoms with van der Waals surface area (Å²) in [5.74, 6) is 0.510. The van der Waals surface area contributed by atoms with E-state index < -0.39 is 0 Å². The molecule has 0 spiro atoms. The predicted octanol–water partition coefficient (Wildman–Crippen LogP) is 4.50. The second-order valence-corrected chi connectivity index (χ2v) is 4.90. The fourth-order valence-corrected chi connectivity index (χ4v) is 2.13. The average molecular weight is 299 g/mol. The minimum Gasteiger partial charge on any atom is -0.426 e. The lowest BCUT2D eigenvalue weighted by molar-refractivity contribution is 0.373. The van der Waals surface area contributed by atoms with Gasteiger partial charge in [0, 0.05) is 10.6 Å². The minimum atomic E-state index is -0.213. The monoisotopic (exact) mass is 298 g/mol. The van der Waals surface area contributed by atoms with Crippen molar-refractivity contribution in [1.82, 2.24) is 0 Å². The maximum Gasteiger partial charge on any atom is 0.294 e. The summed E-state index contributed by atoms with van der Waals surface area (Å²) in [7, 11) is 0. The largest absolute Gasteiger partial charge is 0.426 e. The summed E-state index contributed by atoms with van der Waals surface area (Å²) < 4.78 is 11.1. The summed E-state index contributed by atoms with van der Waals surface area (Å²) in [5.41, 5.74) is 1.02. The summed E-state index contributed by atoms with van der Waals surface area (Å²) in [6.45, 7) is 3.84. The lowest BCUT2D eigenvalue weighted by Gasteiger charge is -2.08. The number of fused-ring (bicyclic) bond motifs is 1. The maximum absolute atomic E-state index is 12.0. The number of halogens is 1. The van der Waals surface area contributed by atoms with Crippen LogP contribution in [0.1, 0.15) is 5.56 Å². The molecule has 1 aromatic heterocycles. The van der Waals surface area contributed by atoms with Crippen molar-refractivity contribution in [3.05, 3.63) is 82.0 Å². The Labute approximate surface area is 126 Å². The zero-order valence-corrected chi connectivity index (χ0v) is 11.8. The van der Waals surface area contributed by atoms with E-state index in [9.17, 15) is 4.79 Å². The van der Waals surface area contributed by atoms with E-state index in [1.54, 1.807) is 18.2 Å². The summed E-state index contributed by atoms with van der Waals surface area (Å²) in [6.07, 6.45) is 0. The molecule has 0 radical (unpaired) electrons. The third-order valence-electron chi connectivity index (χ3n) is 2.99. The van der Waals surface area contributed by atoms with E-state index in [0.29, 0.717) is 21.8 Å². The van der Waals surface area contributed by atoms with E-state index in [-0.39, 0.29) is 11.4 Å². The van der Waals surface area contributed by atoms with Crippen LogP contribution in [0.3, 0.4) is 0 Å². The number of hydrogen-bond donors (Lipinski definition) is 0. The summed E-state index contributed by atoms with van der Waals surface area (Å²) in [6, 6.07) is 15.5. The van der Waals surface area contributed by atoms with Crippen LogP contribution in [0.15, 0.2) is 70.4 Å². The van der Waals surface area contributed by atoms with E-state index in [4.69, 9.17) is 20.8 Å². The third-order valence-corrected chi connectivity index (χ3v) is 3.22. The lowest BCUT2D eigenvalue weighted by Crippen LogP contribution is -2.02. The molecule has 0 N–H and O–H groups in total. The molecule has 0 aliphatic heterocycles. The van der Waals surface area contributed by atoms with Gasteiger partial charge in [-0.3, -0.25) is 4.79 Å². The van der Waals surface area contributed by atoms with Gasteiger partial charge in [-0.15, -0.1) is 0 Å². The molecule has 21 heavy (non-hydrogen) atoms. The van der Waals surface area contributed by atoms with Crippen molar-refractivity contribution in [2.24, 2.45) is 0 Å². The van der Waals surface area contributed by atoms with Gasteiger partial charge in [0.2, 0.25) is 0 Å². The van der Waals surface area contributed by atoms with Gasteiger partial charge in [-0.25, -0.2) is 0 Å². The zero-order valence-electron chi connectivity index (χ0n) is 11.0. The molecule has 0 aliphatic rings. The van der Waals surface area contributed by atoms with Crippen molar-refractivity contribution in [2.45, 2.75) is 0 Å². The summed E-state index contributed by atoms with van der Waals surface area (Å²) >= 11 is 5.87. The predicted molar refractivity (Wildman–Crippen MR) is 83.6 cm³/mol. The number of hydrogen-bond acceptors (Lipinski definition) is 3. The van der Waals surface area contributed by atoms with Gasteiger partial charge in [-0.2, -0.15) is 0 Å². The zero-order chi connectivity index (χ0) is 14.8. The first kappa shape index (κ1) is 13.5. The van der Waals surface area contributed by atoms with E-state index in [1.807, 2.05) is 30.3 Å². The van der Waals surface area contributed by atoms with Gasteiger partial charge in [0.05, 0.1) is 11.5 Å². The van der Waals surface area contributed by atoms with Gasteiger partial charge in [0.15, 0.2) is 5.43 Å². The van der Waals surface area contributed by atoms with Crippen LogP contribution in [-0.4, -0.2) is 0 Å². The Morgan fingerprint density at radius 1 is 1.10 bits per heavy atom. The lowest BCUT2D eigenvalue weighted by atomic mass is 10.2.